The van der Waals surface area contributed by atoms with E-state index in [1.165, 1.54) is 0 Å². The van der Waals surface area contributed by atoms with Crippen LogP contribution < -0.4 is 4.90 Å². The van der Waals surface area contributed by atoms with E-state index in [4.69, 9.17) is 0 Å². The van der Waals surface area contributed by atoms with Gasteiger partial charge in [0, 0.05) is 31.2 Å². The molecule has 5 nitrogen and oxygen atoms in total. The van der Waals surface area contributed by atoms with Gasteiger partial charge in [0.15, 0.2) is 0 Å². The zero-order valence-corrected chi connectivity index (χ0v) is 16.3. The monoisotopic (exact) mass is 384 g/mol. The number of carbonyl (C=O) groups is 1. The van der Waals surface area contributed by atoms with Gasteiger partial charge in [-0.3, -0.25) is 4.79 Å². The lowest BCUT2D eigenvalue weighted by Gasteiger charge is -2.23. The summed E-state index contributed by atoms with van der Waals surface area (Å²) in [4.78, 5) is 13.9. The maximum Gasteiger partial charge on any atom is 0.243 e. The lowest BCUT2D eigenvalue weighted by atomic mass is 10.1. The third-order valence-electron chi connectivity index (χ3n) is 5.24. The van der Waals surface area contributed by atoms with E-state index in [1.807, 2.05) is 31.2 Å². The van der Waals surface area contributed by atoms with Crippen LogP contribution in [0.5, 0.6) is 0 Å². The highest BCUT2D eigenvalue weighted by molar-refractivity contribution is 7.89. The molecule has 0 atom stereocenters. The summed E-state index contributed by atoms with van der Waals surface area (Å²) < 4.78 is 28.1. The fourth-order valence-electron chi connectivity index (χ4n) is 3.50. The lowest BCUT2D eigenvalue weighted by Crippen LogP contribution is -2.32. The Kier molecular flexibility index (Phi) is 4.78. The van der Waals surface area contributed by atoms with Crippen molar-refractivity contribution in [2.75, 3.05) is 11.4 Å². The molecule has 0 bridgehead atoms. The summed E-state index contributed by atoms with van der Waals surface area (Å²) in [7, 11) is -3.57. The Bertz CT molecular complexity index is 932. The first-order chi connectivity index (χ1) is 12.9. The highest BCUT2D eigenvalue weighted by Crippen LogP contribution is 2.34. The molecule has 1 amide bonds. The second-order valence-electron chi connectivity index (χ2n) is 7.41. The normalized spacial score (nSPS) is 17.7. The SMILES string of the molecule is Cc1ccc(CN(C2CC2)S(=O)(=O)c2ccc(N3CCCC3=O)cc2)cc1. The summed E-state index contributed by atoms with van der Waals surface area (Å²) in [6.45, 7) is 3.11. The van der Waals surface area contributed by atoms with Crippen molar-refractivity contribution in [3.8, 4) is 0 Å². The second kappa shape index (κ2) is 7.09. The van der Waals surface area contributed by atoms with Gasteiger partial charge in [0.25, 0.3) is 0 Å². The first-order valence-corrected chi connectivity index (χ1v) is 10.9. The molecule has 1 heterocycles. The predicted molar refractivity (Wildman–Crippen MR) is 105 cm³/mol. The average molecular weight is 385 g/mol. The Labute approximate surface area is 160 Å². The Morgan fingerprint density at radius 3 is 2.26 bits per heavy atom. The zero-order valence-electron chi connectivity index (χ0n) is 15.5. The summed E-state index contributed by atoms with van der Waals surface area (Å²) in [6, 6.07) is 14.8. The van der Waals surface area contributed by atoms with E-state index >= 15 is 0 Å². The summed E-state index contributed by atoms with van der Waals surface area (Å²) in [5, 5.41) is 0. The molecule has 1 aliphatic carbocycles. The van der Waals surface area contributed by atoms with Gasteiger partial charge in [-0.25, -0.2) is 8.42 Å². The van der Waals surface area contributed by atoms with Crippen LogP contribution >= 0.6 is 0 Å². The van der Waals surface area contributed by atoms with Crippen molar-refractivity contribution in [1.82, 2.24) is 4.31 Å². The standard InChI is InChI=1S/C21H24N2O3S/c1-16-4-6-17(7-5-16)15-23(19-8-9-19)27(25,26)20-12-10-18(11-13-20)22-14-2-3-21(22)24/h4-7,10-13,19H,2-3,8-9,14-15H2,1H3. The number of aryl methyl sites for hydroxylation is 1. The van der Waals surface area contributed by atoms with Crippen LogP contribution in [0.1, 0.15) is 36.8 Å². The van der Waals surface area contributed by atoms with Gasteiger partial charge in [0.1, 0.15) is 0 Å². The van der Waals surface area contributed by atoms with E-state index in [9.17, 15) is 13.2 Å². The molecule has 0 aromatic heterocycles. The molecule has 0 radical (unpaired) electrons. The van der Waals surface area contributed by atoms with Crippen LogP contribution in [0.15, 0.2) is 53.4 Å². The number of anilines is 1. The molecular formula is C21H24N2O3S. The number of hydrogen-bond donors (Lipinski definition) is 0. The number of carbonyl (C=O) groups excluding carboxylic acids is 1. The van der Waals surface area contributed by atoms with Gasteiger partial charge in [-0.2, -0.15) is 4.31 Å². The molecule has 1 saturated heterocycles. The average Bonchev–Trinajstić information content (AvgIpc) is 3.41. The molecule has 27 heavy (non-hydrogen) atoms. The predicted octanol–water partition coefficient (Wildman–Crippen LogP) is 3.48. The van der Waals surface area contributed by atoms with Crippen LogP contribution in [0.2, 0.25) is 0 Å². The minimum atomic E-state index is -3.57. The smallest absolute Gasteiger partial charge is 0.243 e. The molecule has 2 fully saturated rings. The van der Waals surface area contributed by atoms with Crippen molar-refractivity contribution in [1.29, 1.82) is 0 Å². The van der Waals surface area contributed by atoms with Crippen LogP contribution in [0, 0.1) is 6.92 Å². The molecule has 1 saturated carbocycles. The highest BCUT2D eigenvalue weighted by atomic mass is 32.2. The number of rotatable bonds is 6. The Hall–Kier alpha value is -2.18. The van der Waals surface area contributed by atoms with Crippen molar-refractivity contribution in [3.63, 3.8) is 0 Å². The Balaban J connectivity index is 1.58. The summed E-state index contributed by atoms with van der Waals surface area (Å²) in [5.41, 5.74) is 2.93. The first-order valence-electron chi connectivity index (χ1n) is 9.43. The molecular weight excluding hydrogens is 360 g/mol. The van der Waals surface area contributed by atoms with E-state index in [1.54, 1.807) is 33.5 Å². The van der Waals surface area contributed by atoms with Crippen molar-refractivity contribution in [3.05, 3.63) is 59.7 Å². The maximum absolute atomic E-state index is 13.2. The van der Waals surface area contributed by atoms with Gasteiger partial charge < -0.3 is 4.90 Å². The lowest BCUT2D eigenvalue weighted by molar-refractivity contribution is -0.117. The van der Waals surface area contributed by atoms with E-state index in [0.29, 0.717) is 19.5 Å². The third kappa shape index (κ3) is 3.77. The largest absolute Gasteiger partial charge is 0.312 e. The molecule has 0 spiro atoms. The molecule has 1 aliphatic heterocycles. The van der Waals surface area contributed by atoms with Crippen molar-refractivity contribution >= 4 is 21.6 Å². The van der Waals surface area contributed by atoms with Gasteiger partial charge >= 0.3 is 0 Å². The number of hydrogen-bond acceptors (Lipinski definition) is 3. The van der Waals surface area contributed by atoms with Crippen molar-refractivity contribution in [2.24, 2.45) is 0 Å². The van der Waals surface area contributed by atoms with Gasteiger partial charge in [-0.05, 0) is 56.0 Å². The molecule has 4 rings (SSSR count). The molecule has 2 aliphatic rings. The van der Waals surface area contributed by atoms with E-state index in [-0.39, 0.29) is 16.8 Å². The van der Waals surface area contributed by atoms with Crippen molar-refractivity contribution < 1.29 is 13.2 Å². The molecule has 6 heteroatoms. The molecule has 0 unspecified atom stereocenters. The number of benzene rings is 2. The summed E-state index contributed by atoms with van der Waals surface area (Å²) >= 11 is 0. The molecule has 0 N–H and O–H groups in total. The van der Waals surface area contributed by atoms with Crippen LogP contribution in [-0.2, 0) is 21.4 Å². The number of amides is 1. The third-order valence-corrected chi connectivity index (χ3v) is 7.15. The van der Waals surface area contributed by atoms with Crippen LogP contribution in [-0.4, -0.2) is 31.2 Å². The van der Waals surface area contributed by atoms with E-state index in [0.717, 1.165) is 36.1 Å². The maximum atomic E-state index is 13.2. The molecule has 142 valence electrons. The topological polar surface area (TPSA) is 57.7 Å². The van der Waals surface area contributed by atoms with Crippen LogP contribution in [0.4, 0.5) is 5.69 Å². The highest BCUT2D eigenvalue weighted by Gasteiger charge is 2.38. The quantitative estimate of drug-likeness (QED) is 0.766. The Morgan fingerprint density at radius 1 is 1.04 bits per heavy atom. The van der Waals surface area contributed by atoms with E-state index in [2.05, 4.69) is 0 Å². The van der Waals surface area contributed by atoms with E-state index < -0.39 is 10.0 Å². The molecule has 2 aromatic rings. The van der Waals surface area contributed by atoms with Gasteiger partial charge in [-0.15, -0.1) is 0 Å². The fourth-order valence-corrected chi connectivity index (χ4v) is 5.17. The first kappa shape index (κ1) is 18.2. The van der Waals surface area contributed by atoms with Crippen LogP contribution in [0.3, 0.4) is 0 Å². The van der Waals surface area contributed by atoms with Gasteiger partial charge in [0.2, 0.25) is 15.9 Å². The summed E-state index contributed by atoms with van der Waals surface area (Å²) in [6.07, 6.45) is 3.23. The molecule has 2 aromatic carbocycles. The minimum Gasteiger partial charge on any atom is -0.312 e. The Morgan fingerprint density at radius 2 is 1.70 bits per heavy atom. The fraction of sp³-hybridized carbons (Fsp3) is 0.381. The minimum absolute atomic E-state index is 0.0798. The van der Waals surface area contributed by atoms with Crippen LogP contribution in [0.25, 0.3) is 0 Å². The van der Waals surface area contributed by atoms with Crippen molar-refractivity contribution in [2.45, 2.75) is 50.1 Å². The zero-order chi connectivity index (χ0) is 19.0. The van der Waals surface area contributed by atoms with Gasteiger partial charge in [0.05, 0.1) is 4.90 Å². The number of nitrogens with zero attached hydrogens (tertiary/aromatic N) is 2. The summed E-state index contributed by atoms with van der Waals surface area (Å²) in [5.74, 6) is 0.101. The van der Waals surface area contributed by atoms with Gasteiger partial charge in [-0.1, -0.05) is 29.8 Å². The second-order valence-corrected chi connectivity index (χ2v) is 9.30. The number of sulfonamides is 1.